The van der Waals surface area contributed by atoms with Gasteiger partial charge in [-0.1, -0.05) is 13.8 Å². The van der Waals surface area contributed by atoms with E-state index in [1.807, 2.05) is 6.92 Å². The SMILES string of the molecule is Cc1c(S(=O)(=O)N(C)C(C)CC(C)C)c(N)nn1C. The van der Waals surface area contributed by atoms with Crippen LogP contribution in [-0.2, 0) is 17.1 Å². The quantitative estimate of drug-likeness (QED) is 0.887. The third-order valence-electron chi connectivity index (χ3n) is 3.37. The molecule has 0 fully saturated rings. The van der Waals surface area contributed by atoms with Crippen LogP contribution in [0.2, 0.25) is 0 Å². The highest BCUT2D eigenvalue weighted by Gasteiger charge is 2.31. The van der Waals surface area contributed by atoms with Gasteiger partial charge in [0.05, 0.1) is 5.69 Å². The minimum absolute atomic E-state index is 0.0589. The molecule has 1 heterocycles. The van der Waals surface area contributed by atoms with E-state index in [4.69, 9.17) is 5.73 Å². The van der Waals surface area contributed by atoms with E-state index in [1.54, 1.807) is 21.0 Å². The lowest BCUT2D eigenvalue weighted by Gasteiger charge is -2.25. The lowest BCUT2D eigenvalue weighted by molar-refractivity contribution is 0.338. The number of rotatable bonds is 5. The van der Waals surface area contributed by atoms with E-state index in [0.717, 1.165) is 6.42 Å². The molecule has 1 rings (SSSR count). The molecule has 110 valence electrons. The van der Waals surface area contributed by atoms with E-state index in [0.29, 0.717) is 11.6 Å². The molecular formula is C12H24N4O2S. The maximum atomic E-state index is 12.6. The number of nitrogen functional groups attached to an aromatic ring is 1. The molecule has 6 nitrogen and oxygen atoms in total. The maximum Gasteiger partial charge on any atom is 0.248 e. The van der Waals surface area contributed by atoms with Crippen molar-refractivity contribution in [2.75, 3.05) is 12.8 Å². The monoisotopic (exact) mass is 288 g/mol. The van der Waals surface area contributed by atoms with Crippen LogP contribution in [0.5, 0.6) is 0 Å². The van der Waals surface area contributed by atoms with Crippen molar-refractivity contribution in [1.29, 1.82) is 0 Å². The van der Waals surface area contributed by atoms with Gasteiger partial charge in [0, 0.05) is 20.1 Å². The van der Waals surface area contributed by atoms with E-state index < -0.39 is 10.0 Å². The summed E-state index contributed by atoms with van der Waals surface area (Å²) in [6, 6.07) is -0.0796. The molecular weight excluding hydrogens is 264 g/mol. The van der Waals surface area contributed by atoms with Crippen molar-refractivity contribution in [1.82, 2.24) is 14.1 Å². The van der Waals surface area contributed by atoms with Gasteiger partial charge in [0.25, 0.3) is 0 Å². The zero-order valence-corrected chi connectivity index (χ0v) is 13.3. The zero-order valence-electron chi connectivity index (χ0n) is 12.5. The van der Waals surface area contributed by atoms with Crippen LogP contribution in [0.25, 0.3) is 0 Å². The zero-order chi connectivity index (χ0) is 15.0. The average molecular weight is 288 g/mol. The van der Waals surface area contributed by atoms with Crippen molar-refractivity contribution in [2.24, 2.45) is 13.0 Å². The molecule has 7 heteroatoms. The Morgan fingerprint density at radius 3 is 2.26 bits per heavy atom. The molecule has 0 spiro atoms. The van der Waals surface area contributed by atoms with Crippen LogP contribution >= 0.6 is 0 Å². The van der Waals surface area contributed by atoms with Gasteiger partial charge in [0.15, 0.2) is 5.82 Å². The maximum absolute atomic E-state index is 12.6. The van der Waals surface area contributed by atoms with Gasteiger partial charge in [-0.2, -0.15) is 9.40 Å². The fraction of sp³-hybridized carbons (Fsp3) is 0.750. The minimum atomic E-state index is -3.60. The van der Waals surface area contributed by atoms with Crippen molar-refractivity contribution >= 4 is 15.8 Å². The van der Waals surface area contributed by atoms with Crippen molar-refractivity contribution in [2.45, 2.75) is 45.1 Å². The number of nitrogens with zero attached hydrogens (tertiary/aromatic N) is 3. The Hall–Kier alpha value is -1.08. The first-order chi connectivity index (χ1) is 8.59. The van der Waals surface area contributed by atoms with Gasteiger partial charge in [0.2, 0.25) is 10.0 Å². The summed E-state index contributed by atoms with van der Waals surface area (Å²) in [6.45, 7) is 7.75. The molecule has 1 atom stereocenters. The van der Waals surface area contributed by atoms with Crippen LogP contribution in [0, 0.1) is 12.8 Å². The van der Waals surface area contributed by atoms with Crippen molar-refractivity contribution in [3.63, 3.8) is 0 Å². The summed E-state index contributed by atoms with van der Waals surface area (Å²) in [4.78, 5) is 0.119. The number of anilines is 1. The molecule has 1 aromatic heterocycles. The lowest BCUT2D eigenvalue weighted by Crippen LogP contribution is -2.36. The molecule has 0 aromatic carbocycles. The molecule has 1 aromatic rings. The average Bonchev–Trinajstić information content (AvgIpc) is 2.51. The third-order valence-corrected chi connectivity index (χ3v) is 5.51. The van der Waals surface area contributed by atoms with Gasteiger partial charge in [-0.15, -0.1) is 0 Å². The summed E-state index contributed by atoms with van der Waals surface area (Å²) in [6.07, 6.45) is 0.801. The summed E-state index contributed by atoms with van der Waals surface area (Å²) >= 11 is 0. The van der Waals surface area contributed by atoms with E-state index >= 15 is 0 Å². The van der Waals surface area contributed by atoms with Crippen LogP contribution < -0.4 is 5.73 Å². The summed E-state index contributed by atoms with van der Waals surface area (Å²) in [7, 11) is -0.325. The van der Waals surface area contributed by atoms with Gasteiger partial charge in [-0.25, -0.2) is 8.42 Å². The Labute approximate surface area is 115 Å². The summed E-state index contributed by atoms with van der Waals surface area (Å²) < 4.78 is 28.1. The molecule has 0 aliphatic rings. The molecule has 1 unspecified atom stereocenters. The number of hydrogen-bond donors (Lipinski definition) is 1. The van der Waals surface area contributed by atoms with Gasteiger partial charge in [0.1, 0.15) is 4.90 Å². The highest BCUT2D eigenvalue weighted by atomic mass is 32.2. The van der Waals surface area contributed by atoms with E-state index in [9.17, 15) is 8.42 Å². The van der Waals surface area contributed by atoms with Gasteiger partial charge >= 0.3 is 0 Å². The second kappa shape index (κ2) is 5.50. The number of sulfonamides is 1. The van der Waals surface area contributed by atoms with E-state index in [2.05, 4.69) is 18.9 Å². The first kappa shape index (κ1) is 16.0. The van der Waals surface area contributed by atoms with Crippen molar-refractivity contribution in [3.8, 4) is 0 Å². The van der Waals surface area contributed by atoms with E-state index in [1.165, 1.54) is 8.99 Å². The molecule has 0 aliphatic carbocycles. The molecule has 0 aliphatic heterocycles. The summed E-state index contributed by atoms with van der Waals surface area (Å²) in [5, 5.41) is 3.97. The fourth-order valence-electron chi connectivity index (χ4n) is 2.14. The smallest absolute Gasteiger partial charge is 0.248 e. The van der Waals surface area contributed by atoms with Crippen LogP contribution in [0.3, 0.4) is 0 Å². The molecule has 0 saturated heterocycles. The number of aryl methyl sites for hydroxylation is 1. The Kier molecular flexibility index (Phi) is 4.63. The van der Waals surface area contributed by atoms with E-state index in [-0.39, 0.29) is 16.8 Å². The first-order valence-corrected chi connectivity index (χ1v) is 7.80. The molecule has 0 radical (unpaired) electrons. The summed E-state index contributed by atoms with van der Waals surface area (Å²) in [5.41, 5.74) is 6.29. The van der Waals surface area contributed by atoms with Gasteiger partial charge < -0.3 is 5.73 Å². The van der Waals surface area contributed by atoms with Crippen molar-refractivity contribution in [3.05, 3.63) is 5.69 Å². The predicted octanol–water partition coefficient (Wildman–Crippen LogP) is 1.37. The second-order valence-electron chi connectivity index (χ2n) is 5.42. The Morgan fingerprint density at radius 2 is 1.89 bits per heavy atom. The Morgan fingerprint density at radius 1 is 1.37 bits per heavy atom. The molecule has 0 amide bonds. The normalized spacial score (nSPS) is 14.3. The standard InChI is InChI=1S/C12H24N4O2S/c1-8(2)7-9(3)16(6)19(17,18)11-10(4)15(5)14-12(11)13/h8-9H,7H2,1-6H3,(H2,13,14). The number of hydrogen-bond acceptors (Lipinski definition) is 4. The third kappa shape index (κ3) is 3.09. The minimum Gasteiger partial charge on any atom is -0.381 e. The highest BCUT2D eigenvalue weighted by molar-refractivity contribution is 7.89. The largest absolute Gasteiger partial charge is 0.381 e. The van der Waals surface area contributed by atoms with Crippen molar-refractivity contribution < 1.29 is 8.42 Å². The highest BCUT2D eigenvalue weighted by Crippen LogP contribution is 2.26. The first-order valence-electron chi connectivity index (χ1n) is 6.36. The van der Waals surface area contributed by atoms with Gasteiger partial charge in [-0.3, -0.25) is 4.68 Å². The Balaban J connectivity index is 3.17. The molecule has 19 heavy (non-hydrogen) atoms. The topological polar surface area (TPSA) is 81.2 Å². The van der Waals surface area contributed by atoms with Crippen LogP contribution in [0.15, 0.2) is 4.90 Å². The fourth-order valence-corrected chi connectivity index (χ4v) is 3.80. The number of nitrogens with two attached hydrogens (primary N) is 1. The van der Waals surface area contributed by atoms with Crippen LogP contribution in [0.1, 0.15) is 32.9 Å². The van der Waals surface area contributed by atoms with Crippen LogP contribution in [0.4, 0.5) is 5.82 Å². The Bertz CT molecular complexity index is 548. The number of aromatic nitrogens is 2. The van der Waals surface area contributed by atoms with Gasteiger partial charge in [-0.05, 0) is 26.2 Å². The molecule has 0 bridgehead atoms. The summed E-state index contributed by atoms with van der Waals surface area (Å²) in [5.74, 6) is 0.489. The second-order valence-corrected chi connectivity index (χ2v) is 7.36. The van der Waals surface area contributed by atoms with Crippen LogP contribution in [-0.4, -0.2) is 35.6 Å². The predicted molar refractivity (Wildman–Crippen MR) is 76.2 cm³/mol. The molecule has 0 saturated carbocycles. The molecule has 2 N–H and O–H groups in total. The lowest BCUT2D eigenvalue weighted by atomic mass is 10.1.